The number of hydrogen-bond donors (Lipinski definition) is 2. The molecule has 0 aliphatic carbocycles. The van der Waals surface area contributed by atoms with E-state index in [2.05, 4.69) is 4.90 Å². The smallest absolute Gasteiger partial charge is 0.340 e. The van der Waals surface area contributed by atoms with E-state index in [0.717, 1.165) is 13.1 Å². The van der Waals surface area contributed by atoms with Crippen LogP contribution in [0.25, 0.3) is 0 Å². The van der Waals surface area contributed by atoms with Crippen LogP contribution in [0.3, 0.4) is 0 Å². The molecule has 1 heterocycles. The molecule has 7 heteroatoms. The second-order valence-corrected chi connectivity index (χ2v) is 5.11. The van der Waals surface area contributed by atoms with Crippen LogP contribution in [0.15, 0.2) is 18.2 Å². The Hall–Kier alpha value is -2.28. The number of esters is 1. The fourth-order valence-corrected chi connectivity index (χ4v) is 2.12. The lowest BCUT2D eigenvalue weighted by molar-refractivity contribution is -0.136. The van der Waals surface area contributed by atoms with Crippen molar-refractivity contribution in [3.63, 3.8) is 0 Å². The maximum absolute atomic E-state index is 12.0. The van der Waals surface area contributed by atoms with E-state index in [4.69, 9.17) is 16.2 Å². The molecule has 0 saturated carbocycles. The van der Waals surface area contributed by atoms with Crippen LogP contribution < -0.4 is 11.5 Å². The molecule has 0 unspecified atom stereocenters. The quantitative estimate of drug-likeness (QED) is 0.590. The number of piperazine rings is 1. The topological polar surface area (TPSA) is 102 Å². The standard InChI is InChI=1S/C14H20N4O3/c1-17-4-6-18(7-5-17)13(19)9-21-14(20)11-3-2-10(15)8-12(11)16/h2-3,8H,4-7,9,15-16H2,1H3. The van der Waals surface area contributed by atoms with Crippen molar-refractivity contribution >= 4 is 23.3 Å². The fraction of sp³-hybridized carbons (Fsp3) is 0.429. The summed E-state index contributed by atoms with van der Waals surface area (Å²) in [5, 5.41) is 0. The number of benzene rings is 1. The molecule has 2 rings (SSSR count). The second-order valence-electron chi connectivity index (χ2n) is 5.11. The number of amides is 1. The molecule has 7 nitrogen and oxygen atoms in total. The predicted molar refractivity (Wildman–Crippen MR) is 79.6 cm³/mol. The van der Waals surface area contributed by atoms with Crippen LogP contribution in [0.4, 0.5) is 11.4 Å². The van der Waals surface area contributed by atoms with Crippen molar-refractivity contribution < 1.29 is 14.3 Å². The molecule has 1 aromatic rings. The van der Waals surface area contributed by atoms with Crippen molar-refractivity contribution in [3.8, 4) is 0 Å². The van der Waals surface area contributed by atoms with Crippen LogP contribution in [0.1, 0.15) is 10.4 Å². The molecule has 0 spiro atoms. The second kappa shape index (κ2) is 6.45. The highest BCUT2D eigenvalue weighted by atomic mass is 16.5. The highest BCUT2D eigenvalue weighted by molar-refractivity contribution is 5.96. The average molecular weight is 292 g/mol. The van der Waals surface area contributed by atoms with Gasteiger partial charge in [-0.05, 0) is 25.2 Å². The van der Waals surface area contributed by atoms with Crippen LogP contribution in [0.5, 0.6) is 0 Å². The fourth-order valence-electron chi connectivity index (χ4n) is 2.12. The molecule has 4 N–H and O–H groups in total. The van der Waals surface area contributed by atoms with Gasteiger partial charge in [0, 0.05) is 37.6 Å². The van der Waals surface area contributed by atoms with Crippen molar-refractivity contribution in [3.05, 3.63) is 23.8 Å². The summed E-state index contributed by atoms with van der Waals surface area (Å²) < 4.78 is 5.03. The largest absolute Gasteiger partial charge is 0.452 e. The molecule has 0 bridgehead atoms. The summed E-state index contributed by atoms with van der Waals surface area (Å²) in [4.78, 5) is 27.7. The Morgan fingerprint density at radius 3 is 2.48 bits per heavy atom. The maximum Gasteiger partial charge on any atom is 0.340 e. The number of likely N-dealkylation sites (N-methyl/N-ethyl adjacent to an activating group) is 1. The predicted octanol–water partition coefficient (Wildman–Crippen LogP) is -0.218. The zero-order chi connectivity index (χ0) is 15.4. The van der Waals surface area contributed by atoms with E-state index in [0.29, 0.717) is 18.8 Å². The first-order chi connectivity index (χ1) is 9.97. The summed E-state index contributed by atoms with van der Waals surface area (Å²) in [5.41, 5.74) is 12.2. The third kappa shape index (κ3) is 3.85. The van der Waals surface area contributed by atoms with Crippen LogP contribution in [-0.2, 0) is 9.53 Å². The van der Waals surface area contributed by atoms with Gasteiger partial charge < -0.3 is 26.0 Å². The number of nitrogens with zero attached hydrogens (tertiary/aromatic N) is 2. The molecule has 1 fully saturated rings. The molecule has 114 valence electrons. The van der Waals surface area contributed by atoms with E-state index in [-0.39, 0.29) is 23.8 Å². The molecule has 1 aliphatic heterocycles. The lowest BCUT2D eigenvalue weighted by Crippen LogP contribution is -2.48. The first-order valence-electron chi connectivity index (χ1n) is 6.76. The van der Waals surface area contributed by atoms with Gasteiger partial charge in [-0.1, -0.05) is 0 Å². The van der Waals surface area contributed by atoms with E-state index in [1.807, 2.05) is 7.05 Å². The third-order valence-corrected chi connectivity index (χ3v) is 3.48. The Bertz CT molecular complexity index is 539. The van der Waals surface area contributed by atoms with E-state index >= 15 is 0 Å². The molecule has 0 atom stereocenters. The minimum Gasteiger partial charge on any atom is -0.452 e. The third-order valence-electron chi connectivity index (χ3n) is 3.48. The average Bonchev–Trinajstić information content (AvgIpc) is 2.45. The number of carbonyl (C=O) groups excluding carboxylic acids is 2. The first-order valence-corrected chi connectivity index (χ1v) is 6.76. The highest BCUT2D eigenvalue weighted by Gasteiger charge is 2.21. The zero-order valence-corrected chi connectivity index (χ0v) is 12.0. The summed E-state index contributed by atoms with van der Waals surface area (Å²) >= 11 is 0. The summed E-state index contributed by atoms with van der Waals surface area (Å²) in [6, 6.07) is 4.54. The summed E-state index contributed by atoms with van der Waals surface area (Å²) in [7, 11) is 2.01. The van der Waals surface area contributed by atoms with Gasteiger partial charge in [0.05, 0.1) is 5.56 Å². The van der Waals surface area contributed by atoms with Crippen LogP contribution >= 0.6 is 0 Å². The van der Waals surface area contributed by atoms with Crippen molar-refractivity contribution in [2.75, 3.05) is 51.3 Å². The molecule has 1 saturated heterocycles. The Morgan fingerprint density at radius 2 is 1.86 bits per heavy atom. The molecular weight excluding hydrogens is 272 g/mol. The summed E-state index contributed by atoms with van der Waals surface area (Å²) in [5.74, 6) is -0.805. The summed E-state index contributed by atoms with van der Waals surface area (Å²) in [6.45, 7) is 2.68. The number of nitrogens with two attached hydrogens (primary N) is 2. The van der Waals surface area contributed by atoms with Crippen molar-refractivity contribution in [2.45, 2.75) is 0 Å². The van der Waals surface area contributed by atoms with Crippen molar-refractivity contribution in [1.82, 2.24) is 9.80 Å². The number of anilines is 2. The van der Waals surface area contributed by atoms with Gasteiger partial charge in [0.15, 0.2) is 6.61 Å². The van der Waals surface area contributed by atoms with Crippen LogP contribution in [-0.4, -0.2) is 61.5 Å². The minimum atomic E-state index is -0.616. The zero-order valence-electron chi connectivity index (χ0n) is 12.0. The Kier molecular flexibility index (Phi) is 4.64. The number of hydrogen-bond acceptors (Lipinski definition) is 6. The lowest BCUT2D eigenvalue weighted by atomic mass is 10.1. The lowest BCUT2D eigenvalue weighted by Gasteiger charge is -2.32. The first kappa shape index (κ1) is 15.1. The van der Waals surface area contributed by atoms with Crippen molar-refractivity contribution in [1.29, 1.82) is 0 Å². The van der Waals surface area contributed by atoms with E-state index < -0.39 is 5.97 Å². The number of nitrogen functional groups attached to an aromatic ring is 2. The van der Waals surface area contributed by atoms with Crippen molar-refractivity contribution in [2.24, 2.45) is 0 Å². The van der Waals surface area contributed by atoms with E-state index in [9.17, 15) is 9.59 Å². The van der Waals surface area contributed by atoms with Gasteiger partial charge in [0.1, 0.15) is 0 Å². The van der Waals surface area contributed by atoms with Crippen LogP contribution in [0, 0.1) is 0 Å². The Labute approximate surface area is 123 Å². The van der Waals surface area contributed by atoms with Gasteiger partial charge in [0.25, 0.3) is 5.91 Å². The van der Waals surface area contributed by atoms with Crippen LogP contribution in [0.2, 0.25) is 0 Å². The van der Waals surface area contributed by atoms with Gasteiger partial charge >= 0.3 is 5.97 Å². The molecule has 1 aromatic carbocycles. The maximum atomic E-state index is 12.0. The molecule has 0 aromatic heterocycles. The summed E-state index contributed by atoms with van der Waals surface area (Å²) in [6.07, 6.45) is 0. The SMILES string of the molecule is CN1CCN(C(=O)COC(=O)c2ccc(N)cc2N)CC1. The normalized spacial score (nSPS) is 15.8. The van der Waals surface area contributed by atoms with Gasteiger partial charge in [-0.3, -0.25) is 4.79 Å². The van der Waals surface area contributed by atoms with E-state index in [1.165, 1.54) is 12.1 Å². The number of rotatable bonds is 3. The number of ether oxygens (including phenoxy) is 1. The minimum absolute atomic E-state index is 0.189. The monoisotopic (exact) mass is 292 g/mol. The molecule has 1 aliphatic rings. The molecule has 1 amide bonds. The van der Waals surface area contributed by atoms with Gasteiger partial charge in [-0.25, -0.2) is 4.79 Å². The Balaban J connectivity index is 1.87. The molecule has 21 heavy (non-hydrogen) atoms. The Morgan fingerprint density at radius 1 is 1.19 bits per heavy atom. The van der Waals surface area contributed by atoms with Gasteiger partial charge in [0.2, 0.25) is 0 Å². The number of carbonyl (C=O) groups is 2. The molecule has 0 radical (unpaired) electrons. The highest BCUT2D eigenvalue weighted by Crippen LogP contribution is 2.16. The molecular formula is C14H20N4O3. The van der Waals surface area contributed by atoms with Gasteiger partial charge in [-0.15, -0.1) is 0 Å². The van der Waals surface area contributed by atoms with E-state index in [1.54, 1.807) is 11.0 Å². The van der Waals surface area contributed by atoms with Gasteiger partial charge in [-0.2, -0.15) is 0 Å².